The summed E-state index contributed by atoms with van der Waals surface area (Å²) in [5, 5.41) is 9.79. The lowest BCUT2D eigenvalue weighted by atomic mass is 10.0. The number of aryl methyl sites for hydroxylation is 1. The first-order chi connectivity index (χ1) is 19.8. The van der Waals surface area contributed by atoms with E-state index in [4.69, 9.17) is 4.74 Å². The summed E-state index contributed by atoms with van der Waals surface area (Å²) in [5.41, 5.74) is 1.51. The Hall–Kier alpha value is -4.86. The number of carbonyl (C=O) groups is 2. The first kappa shape index (κ1) is 26.4. The van der Waals surface area contributed by atoms with Crippen LogP contribution in [0.1, 0.15) is 41.8 Å². The number of benzodiazepines with no additional fused rings is 1. The molecule has 3 aromatic carbocycles. The Morgan fingerprint density at radius 3 is 2.46 bits per heavy atom. The molecule has 8 nitrogen and oxygen atoms in total. The van der Waals surface area contributed by atoms with Crippen LogP contribution in [0.5, 0.6) is 5.88 Å². The standard InChI is InChI=1S/C31H27F2N5O3/c1-17(2)23-15-16-38-31(41-23)24(27(37-38)19-11-6-7-13-21(19)32)29(39)36-28-30(40)35-26-20(12-8-14-22(26)33)25(34-28)18-9-4-3-5-10-18/h3-14,17,23,28H,15-16H2,1-2H3,(H,35,40)(H,36,39)/t23?,28-/m1/s1. The minimum atomic E-state index is -1.43. The molecule has 0 spiro atoms. The van der Waals surface area contributed by atoms with Crippen LogP contribution in [0.2, 0.25) is 0 Å². The fraction of sp³-hybridized carbons (Fsp3) is 0.226. The molecule has 0 saturated carbocycles. The number of hydrogen-bond donors (Lipinski definition) is 2. The van der Waals surface area contributed by atoms with Crippen molar-refractivity contribution in [2.75, 3.05) is 5.32 Å². The maximum Gasteiger partial charge on any atom is 0.269 e. The van der Waals surface area contributed by atoms with Gasteiger partial charge in [-0.1, -0.05) is 68.4 Å². The maximum absolute atomic E-state index is 14.9. The molecule has 0 saturated heterocycles. The number of carbonyl (C=O) groups excluding carboxylic acids is 2. The summed E-state index contributed by atoms with van der Waals surface area (Å²) in [6, 6.07) is 19.4. The van der Waals surface area contributed by atoms with E-state index in [1.165, 1.54) is 24.3 Å². The average Bonchev–Trinajstić information content (AvgIpc) is 3.28. The molecule has 3 heterocycles. The first-order valence-electron chi connectivity index (χ1n) is 13.4. The quantitative estimate of drug-likeness (QED) is 0.355. The Kier molecular flexibility index (Phi) is 6.82. The van der Waals surface area contributed by atoms with E-state index in [2.05, 4.69) is 20.7 Å². The number of nitrogens with one attached hydrogen (secondary N) is 2. The van der Waals surface area contributed by atoms with Crippen LogP contribution in [-0.2, 0) is 11.3 Å². The number of nitrogens with zero attached hydrogens (tertiary/aromatic N) is 3. The molecule has 0 bridgehead atoms. The van der Waals surface area contributed by atoms with Crippen LogP contribution in [0.3, 0.4) is 0 Å². The zero-order chi connectivity index (χ0) is 28.7. The molecule has 2 amide bonds. The van der Waals surface area contributed by atoms with Gasteiger partial charge >= 0.3 is 0 Å². The third-order valence-corrected chi connectivity index (χ3v) is 7.23. The van der Waals surface area contributed by atoms with Gasteiger partial charge in [0.05, 0.1) is 11.4 Å². The zero-order valence-electron chi connectivity index (χ0n) is 22.4. The van der Waals surface area contributed by atoms with Crippen LogP contribution < -0.4 is 15.4 Å². The number of ether oxygens (including phenoxy) is 1. The SMILES string of the molecule is CC(C)C1CCn2nc(-c3ccccc3F)c(C(=O)N[C@H]3N=C(c4ccccc4)c4cccc(F)c4NC3=O)c2O1. The largest absolute Gasteiger partial charge is 0.474 e. The van der Waals surface area contributed by atoms with Gasteiger partial charge in [-0.25, -0.2) is 18.5 Å². The van der Waals surface area contributed by atoms with Gasteiger partial charge in [0, 0.05) is 29.7 Å². The molecule has 0 aliphatic carbocycles. The lowest BCUT2D eigenvalue weighted by molar-refractivity contribution is -0.117. The monoisotopic (exact) mass is 555 g/mol. The molecule has 6 rings (SSSR count). The smallest absolute Gasteiger partial charge is 0.269 e. The topological polar surface area (TPSA) is 97.6 Å². The van der Waals surface area contributed by atoms with Gasteiger partial charge in [0.2, 0.25) is 12.0 Å². The van der Waals surface area contributed by atoms with E-state index < -0.39 is 29.6 Å². The Balaban J connectivity index is 1.44. The maximum atomic E-state index is 14.9. The molecule has 2 aliphatic heterocycles. The Labute approximate surface area is 235 Å². The van der Waals surface area contributed by atoms with Crippen LogP contribution in [-0.4, -0.2) is 39.6 Å². The van der Waals surface area contributed by atoms with Crippen molar-refractivity contribution in [3.05, 3.63) is 101 Å². The van der Waals surface area contributed by atoms with Crippen molar-refractivity contribution < 1.29 is 23.1 Å². The van der Waals surface area contributed by atoms with Crippen LogP contribution in [0.25, 0.3) is 11.3 Å². The van der Waals surface area contributed by atoms with Crippen LogP contribution in [0, 0.1) is 17.6 Å². The van der Waals surface area contributed by atoms with Gasteiger partial charge in [0.25, 0.3) is 11.8 Å². The van der Waals surface area contributed by atoms with Crippen molar-refractivity contribution in [3.63, 3.8) is 0 Å². The second kappa shape index (κ2) is 10.6. The molecule has 208 valence electrons. The number of hydrogen-bond acceptors (Lipinski definition) is 5. The number of anilines is 1. The Morgan fingerprint density at radius 2 is 1.71 bits per heavy atom. The van der Waals surface area contributed by atoms with Crippen molar-refractivity contribution in [1.82, 2.24) is 15.1 Å². The molecule has 2 atom stereocenters. The normalized spacial score (nSPS) is 18.0. The Bertz CT molecular complexity index is 1680. The lowest BCUT2D eigenvalue weighted by Crippen LogP contribution is -2.43. The van der Waals surface area contributed by atoms with Crippen molar-refractivity contribution in [1.29, 1.82) is 0 Å². The van der Waals surface area contributed by atoms with Gasteiger partial charge in [-0.15, -0.1) is 0 Å². The minimum absolute atomic E-state index is 0.00217. The fourth-order valence-electron chi connectivity index (χ4n) is 5.10. The highest BCUT2D eigenvalue weighted by atomic mass is 19.1. The Morgan fingerprint density at radius 1 is 1.00 bits per heavy atom. The number of fused-ring (bicyclic) bond motifs is 2. The number of benzene rings is 3. The minimum Gasteiger partial charge on any atom is -0.474 e. The van der Waals surface area contributed by atoms with Crippen molar-refractivity contribution in [2.24, 2.45) is 10.9 Å². The molecule has 1 unspecified atom stereocenters. The average molecular weight is 556 g/mol. The third-order valence-electron chi connectivity index (χ3n) is 7.23. The van der Waals surface area contributed by atoms with Crippen LogP contribution in [0.4, 0.5) is 14.5 Å². The predicted molar refractivity (Wildman–Crippen MR) is 150 cm³/mol. The number of rotatable bonds is 5. The number of amides is 2. The fourth-order valence-corrected chi connectivity index (χ4v) is 5.10. The number of halogens is 2. The molecule has 1 aromatic heterocycles. The molecule has 0 radical (unpaired) electrons. The van der Waals surface area contributed by atoms with E-state index in [1.807, 2.05) is 19.9 Å². The van der Waals surface area contributed by atoms with E-state index in [1.54, 1.807) is 47.1 Å². The van der Waals surface area contributed by atoms with Gasteiger partial charge in [-0.05, 0) is 24.1 Å². The van der Waals surface area contributed by atoms with Crippen molar-refractivity contribution in [2.45, 2.75) is 39.1 Å². The molecule has 2 N–H and O–H groups in total. The molecular weight excluding hydrogens is 528 g/mol. The summed E-state index contributed by atoms with van der Waals surface area (Å²) >= 11 is 0. The summed E-state index contributed by atoms with van der Waals surface area (Å²) < 4.78 is 37.6. The summed E-state index contributed by atoms with van der Waals surface area (Å²) in [4.78, 5) is 31.9. The van der Waals surface area contributed by atoms with Crippen molar-refractivity contribution in [3.8, 4) is 17.1 Å². The van der Waals surface area contributed by atoms with Gasteiger partial charge in [-0.2, -0.15) is 5.10 Å². The van der Waals surface area contributed by atoms with E-state index in [-0.39, 0.29) is 40.4 Å². The van der Waals surface area contributed by atoms with E-state index in [0.29, 0.717) is 29.8 Å². The molecule has 10 heteroatoms. The van der Waals surface area contributed by atoms with E-state index in [9.17, 15) is 18.4 Å². The molecular formula is C31H27F2N5O3. The summed E-state index contributed by atoms with van der Waals surface area (Å²) in [7, 11) is 0. The van der Waals surface area contributed by atoms with Gasteiger partial charge in [0.15, 0.2) is 0 Å². The van der Waals surface area contributed by atoms with Gasteiger partial charge < -0.3 is 15.4 Å². The highest BCUT2D eigenvalue weighted by Gasteiger charge is 2.36. The molecule has 41 heavy (non-hydrogen) atoms. The summed E-state index contributed by atoms with van der Waals surface area (Å²) in [5.74, 6) is -2.29. The number of aromatic nitrogens is 2. The number of aliphatic imine (C=N–C) groups is 1. The van der Waals surface area contributed by atoms with Gasteiger partial charge in [-0.3, -0.25) is 9.59 Å². The summed E-state index contributed by atoms with van der Waals surface area (Å²) in [6.07, 6.45) is -0.942. The molecule has 0 fully saturated rings. The second-order valence-electron chi connectivity index (χ2n) is 10.3. The highest BCUT2D eigenvalue weighted by Crippen LogP contribution is 2.36. The van der Waals surface area contributed by atoms with Gasteiger partial charge in [0.1, 0.15) is 29.0 Å². The second-order valence-corrected chi connectivity index (χ2v) is 10.3. The van der Waals surface area contributed by atoms with E-state index in [0.717, 1.165) is 0 Å². The van der Waals surface area contributed by atoms with Crippen molar-refractivity contribution >= 4 is 23.2 Å². The number of para-hydroxylation sites is 1. The first-order valence-corrected chi connectivity index (χ1v) is 13.4. The summed E-state index contributed by atoms with van der Waals surface area (Å²) in [6.45, 7) is 4.50. The van der Waals surface area contributed by atoms with Crippen LogP contribution in [0.15, 0.2) is 77.8 Å². The predicted octanol–water partition coefficient (Wildman–Crippen LogP) is 5.18. The van der Waals surface area contributed by atoms with Crippen LogP contribution >= 0.6 is 0 Å². The molecule has 2 aliphatic rings. The highest BCUT2D eigenvalue weighted by molar-refractivity contribution is 6.20. The molecule has 4 aromatic rings. The zero-order valence-corrected chi connectivity index (χ0v) is 22.4. The van der Waals surface area contributed by atoms with E-state index >= 15 is 0 Å². The third kappa shape index (κ3) is 4.86. The lowest BCUT2D eigenvalue weighted by Gasteiger charge is -2.28.